The van der Waals surface area contributed by atoms with Crippen LogP contribution in [0.25, 0.3) is 0 Å². The number of hydrogen-bond donors (Lipinski definition) is 7. The lowest BCUT2D eigenvalue weighted by molar-refractivity contribution is -0.0192. The predicted octanol–water partition coefficient (Wildman–Crippen LogP) is 5.09. The summed E-state index contributed by atoms with van der Waals surface area (Å²) in [6.07, 6.45) is 3.53. The van der Waals surface area contributed by atoms with E-state index in [2.05, 4.69) is 6.08 Å². The smallest absolute Gasteiger partial charge is 0.338 e. The number of hydrogen-bond acceptors (Lipinski definition) is 11. The van der Waals surface area contributed by atoms with Crippen molar-refractivity contribution in [3.05, 3.63) is 76.1 Å². The molecule has 0 fully saturated rings. The Bertz CT molecular complexity index is 1590. The Kier molecular flexibility index (Phi) is 7.42. The van der Waals surface area contributed by atoms with Crippen molar-refractivity contribution in [1.29, 1.82) is 0 Å². The first kappa shape index (κ1) is 28.3. The molecule has 0 saturated carbocycles. The van der Waals surface area contributed by atoms with Crippen LogP contribution in [0.4, 0.5) is 0 Å². The standard InChI is InChI=1S/C31H30O11/c1-14(2)4-3-5-17-6-7-18-25(40-17)13-20(32)19-12-26(41-31(39)16-10-23(35)28(38)24(36)11-16)29(42-30(18)19)15-8-21(33)27(37)22(34)9-15/h4,6,8-11,13,26,29,32-38H,3,5,7,12H2,1-2H3/t26-,29-/m1/s1. The molecule has 0 radical (unpaired) electrons. The summed E-state index contributed by atoms with van der Waals surface area (Å²) in [5, 5.41) is 70.5. The summed E-state index contributed by atoms with van der Waals surface area (Å²) in [4.78, 5) is 13.1. The summed E-state index contributed by atoms with van der Waals surface area (Å²) in [5.74, 6) is -4.03. The predicted molar refractivity (Wildman–Crippen MR) is 148 cm³/mol. The summed E-state index contributed by atoms with van der Waals surface area (Å²) >= 11 is 0. The Hall–Kier alpha value is -5.19. The molecule has 220 valence electrons. The van der Waals surface area contributed by atoms with Crippen molar-refractivity contribution in [2.24, 2.45) is 0 Å². The van der Waals surface area contributed by atoms with Crippen LogP contribution in [0.3, 0.4) is 0 Å². The van der Waals surface area contributed by atoms with E-state index in [1.165, 1.54) is 11.6 Å². The largest absolute Gasteiger partial charge is 0.507 e. The van der Waals surface area contributed by atoms with Gasteiger partial charge in [-0.05, 0) is 50.6 Å². The Morgan fingerprint density at radius 1 is 0.881 bits per heavy atom. The van der Waals surface area contributed by atoms with E-state index in [0.29, 0.717) is 29.7 Å². The Labute approximate surface area is 240 Å². The summed E-state index contributed by atoms with van der Waals surface area (Å²) in [7, 11) is 0. The number of rotatable bonds is 6. The average Bonchev–Trinajstić information content (AvgIpc) is 2.93. The molecule has 0 unspecified atom stereocenters. The van der Waals surface area contributed by atoms with Gasteiger partial charge in [-0.15, -0.1) is 0 Å². The van der Waals surface area contributed by atoms with Crippen LogP contribution in [0.2, 0.25) is 0 Å². The average molecular weight is 579 g/mol. The van der Waals surface area contributed by atoms with E-state index in [9.17, 15) is 40.5 Å². The van der Waals surface area contributed by atoms with Crippen molar-refractivity contribution in [2.75, 3.05) is 0 Å². The zero-order valence-corrected chi connectivity index (χ0v) is 22.8. The van der Waals surface area contributed by atoms with Gasteiger partial charge in [0, 0.05) is 42.0 Å². The molecule has 0 bridgehead atoms. The molecular weight excluding hydrogens is 548 g/mol. The molecule has 7 N–H and O–H groups in total. The molecule has 2 aliphatic heterocycles. The summed E-state index contributed by atoms with van der Waals surface area (Å²) in [6, 6.07) is 5.59. The zero-order chi connectivity index (χ0) is 30.3. The molecule has 0 aromatic heterocycles. The number of phenols is 7. The third-order valence-corrected chi connectivity index (χ3v) is 7.11. The fourth-order valence-electron chi connectivity index (χ4n) is 5.00. The van der Waals surface area contributed by atoms with Gasteiger partial charge in [0.25, 0.3) is 0 Å². The number of phenolic OH excluding ortho intramolecular Hbond substituents is 7. The second kappa shape index (κ2) is 11.0. The fraction of sp³-hybridized carbons (Fsp3) is 0.258. The van der Waals surface area contributed by atoms with E-state index < -0.39 is 52.7 Å². The van der Waals surface area contributed by atoms with Crippen LogP contribution in [-0.2, 0) is 17.6 Å². The number of ether oxygens (including phenoxy) is 3. The molecule has 5 rings (SSSR count). The number of fused-ring (bicyclic) bond motifs is 3. The van der Waals surface area contributed by atoms with Crippen molar-refractivity contribution in [2.45, 2.75) is 51.7 Å². The fourth-order valence-corrected chi connectivity index (χ4v) is 5.00. The maximum Gasteiger partial charge on any atom is 0.338 e. The first-order chi connectivity index (χ1) is 19.9. The first-order valence-corrected chi connectivity index (χ1v) is 13.2. The van der Waals surface area contributed by atoms with Gasteiger partial charge >= 0.3 is 5.97 Å². The number of benzene rings is 3. The molecule has 2 heterocycles. The van der Waals surface area contributed by atoms with Gasteiger partial charge in [0.2, 0.25) is 0 Å². The first-order valence-electron chi connectivity index (χ1n) is 13.2. The molecular formula is C31H30O11. The molecule has 0 amide bonds. The van der Waals surface area contributed by atoms with Crippen molar-refractivity contribution >= 4 is 5.97 Å². The van der Waals surface area contributed by atoms with Crippen LogP contribution in [0.5, 0.6) is 51.7 Å². The van der Waals surface area contributed by atoms with Crippen LogP contribution in [-0.4, -0.2) is 47.8 Å². The van der Waals surface area contributed by atoms with Crippen molar-refractivity contribution in [1.82, 2.24) is 0 Å². The minimum atomic E-state index is -1.16. The van der Waals surface area contributed by atoms with Crippen molar-refractivity contribution in [3.63, 3.8) is 0 Å². The molecule has 42 heavy (non-hydrogen) atoms. The molecule has 3 aromatic rings. The Balaban J connectivity index is 1.52. The minimum absolute atomic E-state index is 0.0690. The van der Waals surface area contributed by atoms with E-state index in [4.69, 9.17) is 14.2 Å². The van der Waals surface area contributed by atoms with Crippen LogP contribution in [0.15, 0.2) is 53.8 Å². The third-order valence-electron chi connectivity index (χ3n) is 7.11. The highest BCUT2D eigenvalue weighted by Crippen LogP contribution is 2.50. The molecule has 11 heteroatoms. The topological polar surface area (TPSA) is 186 Å². The van der Waals surface area contributed by atoms with Crippen LogP contribution < -0.4 is 9.47 Å². The van der Waals surface area contributed by atoms with Crippen LogP contribution in [0, 0.1) is 0 Å². The SMILES string of the molecule is CC(C)=CCCC1=CCc2c(cc(O)c3c2O[C@H](c2cc(O)c(O)c(O)c2)[C@H](OC(=O)c2cc(O)c(O)c(O)c2)C3)O1. The maximum atomic E-state index is 13.1. The number of carbonyl (C=O) groups excluding carboxylic acids is 1. The van der Waals surface area contributed by atoms with E-state index >= 15 is 0 Å². The molecule has 0 aliphatic carbocycles. The van der Waals surface area contributed by atoms with E-state index in [0.717, 1.165) is 36.4 Å². The molecule has 3 aromatic carbocycles. The molecule has 2 atom stereocenters. The van der Waals surface area contributed by atoms with E-state index in [1.54, 1.807) is 0 Å². The third kappa shape index (κ3) is 5.40. The highest BCUT2D eigenvalue weighted by molar-refractivity contribution is 5.91. The molecule has 0 saturated heterocycles. The van der Waals surface area contributed by atoms with Crippen molar-refractivity contribution in [3.8, 4) is 51.7 Å². The Morgan fingerprint density at radius 3 is 2.12 bits per heavy atom. The molecule has 2 aliphatic rings. The van der Waals surface area contributed by atoms with Gasteiger partial charge in [0.05, 0.1) is 5.56 Å². The quantitative estimate of drug-likeness (QED) is 0.117. The van der Waals surface area contributed by atoms with Crippen LogP contribution in [0.1, 0.15) is 59.8 Å². The maximum absolute atomic E-state index is 13.1. The van der Waals surface area contributed by atoms with Gasteiger partial charge in [-0.1, -0.05) is 11.6 Å². The summed E-state index contributed by atoms with van der Waals surface area (Å²) < 4.78 is 18.1. The number of carbonyl (C=O) groups is 1. The molecule has 11 nitrogen and oxygen atoms in total. The van der Waals surface area contributed by atoms with Crippen molar-refractivity contribution < 1.29 is 54.8 Å². The van der Waals surface area contributed by atoms with Gasteiger partial charge in [-0.3, -0.25) is 0 Å². The summed E-state index contributed by atoms with van der Waals surface area (Å²) in [5.41, 5.74) is 2.03. The number of aromatic hydroxyl groups is 7. The Morgan fingerprint density at radius 2 is 1.50 bits per heavy atom. The summed E-state index contributed by atoms with van der Waals surface area (Å²) in [6.45, 7) is 4.03. The number of esters is 1. The second-order valence-electron chi connectivity index (χ2n) is 10.4. The highest BCUT2D eigenvalue weighted by atomic mass is 16.6. The second-order valence-corrected chi connectivity index (χ2v) is 10.4. The van der Waals surface area contributed by atoms with E-state index in [-0.39, 0.29) is 29.0 Å². The van der Waals surface area contributed by atoms with Gasteiger partial charge < -0.3 is 50.0 Å². The lowest BCUT2D eigenvalue weighted by Crippen LogP contribution is -2.35. The number of allylic oxidation sites excluding steroid dienone is 4. The zero-order valence-electron chi connectivity index (χ0n) is 22.8. The highest BCUT2D eigenvalue weighted by Gasteiger charge is 2.39. The van der Waals surface area contributed by atoms with Gasteiger partial charge in [-0.25, -0.2) is 4.79 Å². The van der Waals surface area contributed by atoms with Gasteiger partial charge in [-0.2, -0.15) is 0 Å². The lowest BCUT2D eigenvalue weighted by Gasteiger charge is -2.36. The van der Waals surface area contributed by atoms with Gasteiger partial charge in [0.1, 0.15) is 29.1 Å². The van der Waals surface area contributed by atoms with E-state index in [1.807, 2.05) is 19.9 Å². The minimum Gasteiger partial charge on any atom is -0.507 e. The lowest BCUT2D eigenvalue weighted by atomic mass is 9.90. The monoisotopic (exact) mass is 578 g/mol. The van der Waals surface area contributed by atoms with Crippen LogP contribution >= 0.6 is 0 Å². The van der Waals surface area contributed by atoms with Gasteiger partial charge in [0.15, 0.2) is 40.6 Å². The normalized spacial score (nSPS) is 17.1. The molecule has 0 spiro atoms.